The van der Waals surface area contributed by atoms with Crippen LogP contribution in [0.25, 0.3) is 6.08 Å². The minimum atomic E-state index is -0.131. The van der Waals surface area contributed by atoms with Crippen molar-refractivity contribution in [2.45, 2.75) is 0 Å². The number of rotatable bonds is 3. The van der Waals surface area contributed by atoms with Gasteiger partial charge in [-0.05, 0) is 35.9 Å². The van der Waals surface area contributed by atoms with Crippen LogP contribution in [0.2, 0.25) is 0 Å². The predicted molar refractivity (Wildman–Crippen MR) is 109 cm³/mol. The van der Waals surface area contributed by atoms with Crippen molar-refractivity contribution in [3.05, 3.63) is 70.6 Å². The van der Waals surface area contributed by atoms with Crippen LogP contribution in [0.15, 0.2) is 65.1 Å². The molecule has 0 radical (unpaired) electrons. The van der Waals surface area contributed by atoms with Crippen molar-refractivity contribution in [3.8, 4) is 11.5 Å². The van der Waals surface area contributed by atoms with E-state index in [0.717, 1.165) is 16.9 Å². The van der Waals surface area contributed by atoms with Crippen LogP contribution < -0.4 is 14.4 Å². The highest BCUT2D eigenvalue weighted by atomic mass is 32.2. The van der Waals surface area contributed by atoms with Crippen molar-refractivity contribution < 1.29 is 14.3 Å². The monoisotopic (exact) mass is 381 g/mol. The summed E-state index contributed by atoms with van der Waals surface area (Å²) in [4.78, 5) is 15.0. The Morgan fingerprint density at radius 1 is 1.23 bits per heavy atom. The number of amides is 1. The lowest BCUT2D eigenvalue weighted by Gasteiger charge is -2.16. The summed E-state index contributed by atoms with van der Waals surface area (Å²) in [5, 5.41) is 0. The van der Waals surface area contributed by atoms with E-state index in [2.05, 4.69) is 0 Å². The Balaban J connectivity index is 1.63. The van der Waals surface area contributed by atoms with Gasteiger partial charge in [-0.3, -0.25) is 9.69 Å². The highest BCUT2D eigenvalue weighted by molar-refractivity contribution is 8.27. The molecular formula is C20H15NO3S2. The summed E-state index contributed by atoms with van der Waals surface area (Å²) in [6.07, 6.45) is 3.90. The summed E-state index contributed by atoms with van der Waals surface area (Å²) < 4.78 is 11.5. The minimum Gasteiger partial charge on any atom is -0.497 e. The molecular weight excluding hydrogens is 366 g/mol. The molecule has 6 heteroatoms. The van der Waals surface area contributed by atoms with Crippen LogP contribution in [-0.4, -0.2) is 23.9 Å². The lowest BCUT2D eigenvalue weighted by Crippen LogP contribution is -2.27. The largest absolute Gasteiger partial charge is 0.497 e. The summed E-state index contributed by atoms with van der Waals surface area (Å²) in [5.41, 5.74) is 2.65. The highest BCUT2D eigenvalue weighted by Gasteiger charge is 2.33. The quantitative estimate of drug-likeness (QED) is 0.581. The van der Waals surface area contributed by atoms with E-state index in [1.54, 1.807) is 13.2 Å². The molecule has 4 nitrogen and oxygen atoms in total. The number of ether oxygens (including phenoxy) is 2. The third-order valence-electron chi connectivity index (χ3n) is 4.08. The van der Waals surface area contributed by atoms with E-state index >= 15 is 0 Å². The zero-order chi connectivity index (χ0) is 18.1. The number of nitrogens with zero attached hydrogens (tertiary/aromatic N) is 1. The SMILES string of the molecule is COc1cccc(N2C(=O)/C(=C\C3=Cc4ccccc4OC3)SC2=S)c1. The van der Waals surface area contributed by atoms with Gasteiger partial charge in [-0.15, -0.1) is 0 Å². The minimum absolute atomic E-state index is 0.131. The van der Waals surface area contributed by atoms with E-state index < -0.39 is 0 Å². The van der Waals surface area contributed by atoms with Gasteiger partial charge in [-0.1, -0.05) is 48.2 Å². The first-order valence-corrected chi connectivity index (χ1v) is 9.22. The molecule has 1 fully saturated rings. The van der Waals surface area contributed by atoms with Crippen LogP contribution in [0.1, 0.15) is 5.56 Å². The van der Waals surface area contributed by atoms with E-state index in [1.807, 2.05) is 54.6 Å². The van der Waals surface area contributed by atoms with Crippen molar-refractivity contribution in [3.63, 3.8) is 0 Å². The Morgan fingerprint density at radius 3 is 2.92 bits per heavy atom. The molecule has 0 saturated carbocycles. The van der Waals surface area contributed by atoms with Crippen LogP contribution in [-0.2, 0) is 4.79 Å². The number of carbonyl (C=O) groups is 1. The number of hydrogen-bond acceptors (Lipinski definition) is 5. The second-order valence-electron chi connectivity index (χ2n) is 5.76. The van der Waals surface area contributed by atoms with Gasteiger partial charge in [-0.25, -0.2) is 0 Å². The van der Waals surface area contributed by atoms with E-state index in [-0.39, 0.29) is 5.91 Å². The molecule has 0 bridgehead atoms. The Kier molecular flexibility index (Phi) is 4.53. The third kappa shape index (κ3) is 3.13. The number of para-hydroxylation sites is 1. The van der Waals surface area contributed by atoms with Gasteiger partial charge in [0.05, 0.1) is 17.7 Å². The summed E-state index contributed by atoms with van der Waals surface area (Å²) in [7, 11) is 1.59. The van der Waals surface area contributed by atoms with Gasteiger partial charge < -0.3 is 9.47 Å². The third-order valence-corrected chi connectivity index (χ3v) is 5.38. The first-order valence-electron chi connectivity index (χ1n) is 8.00. The molecule has 130 valence electrons. The van der Waals surface area contributed by atoms with Crippen molar-refractivity contribution in [2.75, 3.05) is 18.6 Å². The Labute approximate surface area is 161 Å². The van der Waals surface area contributed by atoms with E-state index in [9.17, 15) is 4.79 Å². The molecule has 26 heavy (non-hydrogen) atoms. The van der Waals surface area contributed by atoms with Gasteiger partial charge in [0.15, 0.2) is 4.32 Å². The second-order valence-corrected chi connectivity index (χ2v) is 7.44. The molecule has 0 unspecified atom stereocenters. The van der Waals surface area contributed by atoms with Gasteiger partial charge in [0, 0.05) is 11.6 Å². The zero-order valence-electron chi connectivity index (χ0n) is 14.0. The van der Waals surface area contributed by atoms with Gasteiger partial charge in [0.1, 0.15) is 18.1 Å². The summed E-state index contributed by atoms with van der Waals surface area (Å²) in [6.45, 7) is 0.431. The van der Waals surface area contributed by atoms with E-state index in [0.29, 0.717) is 27.3 Å². The van der Waals surface area contributed by atoms with Gasteiger partial charge in [0.25, 0.3) is 5.91 Å². The van der Waals surface area contributed by atoms with E-state index in [1.165, 1.54) is 16.7 Å². The fourth-order valence-electron chi connectivity index (χ4n) is 2.83. The number of fused-ring (bicyclic) bond motifs is 1. The smallest absolute Gasteiger partial charge is 0.270 e. The predicted octanol–water partition coefficient (Wildman–Crippen LogP) is 4.42. The normalized spacial score (nSPS) is 17.8. The summed E-state index contributed by atoms with van der Waals surface area (Å²) >= 11 is 6.72. The molecule has 0 N–H and O–H groups in total. The number of methoxy groups -OCH3 is 1. The molecule has 2 aliphatic heterocycles. The number of thiocarbonyl (C=S) groups is 1. The van der Waals surface area contributed by atoms with Gasteiger partial charge in [-0.2, -0.15) is 0 Å². The molecule has 4 rings (SSSR count). The fraction of sp³-hybridized carbons (Fsp3) is 0.100. The van der Waals surface area contributed by atoms with Gasteiger partial charge in [0.2, 0.25) is 0 Å². The van der Waals surface area contributed by atoms with Crippen molar-refractivity contribution in [1.82, 2.24) is 0 Å². The molecule has 0 spiro atoms. The first-order chi connectivity index (χ1) is 12.7. The van der Waals surface area contributed by atoms with Crippen LogP contribution in [0.4, 0.5) is 5.69 Å². The maximum Gasteiger partial charge on any atom is 0.270 e. The Hall–Kier alpha value is -2.57. The van der Waals surface area contributed by atoms with Crippen LogP contribution in [0, 0.1) is 0 Å². The number of hydrogen-bond donors (Lipinski definition) is 0. The molecule has 1 saturated heterocycles. The van der Waals surface area contributed by atoms with Crippen LogP contribution in [0.5, 0.6) is 11.5 Å². The Bertz CT molecular complexity index is 965. The lowest BCUT2D eigenvalue weighted by molar-refractivity contribution is -0.113. The van der Waals surface area contributed by atoms with Crippen LogP contribution >= 0.6 is 24.0 Å². The number of benzene rings is 2. The Morgan fingerprint density at radius 2 is 2.08 bits per heavy atom. The molecule has 2 aliphatic rings. The summed E-state index contributed by atoms with van der Waals surface area (Å²) in [6, 6.07) is 15.1. The fourth-order valence-corrected chi connectivity index (χ4v) is 4.14. The number of thioether (sulfide) groups is 1. The number of carbonyl (C=O) groups excluding carboxylic acids is 1. The standard InChI is InChI=1S/C20H15NO3S2/c1-23-16-7-4-6-15(11-16)21-19(22)18(26-20(21)25)10-13-9-14-5-2-3-8-17(14)24-12-13/h2-11H,12H2,1H3/b18-10+. The first kappa shape index (κ1) is 16.9. The van der Waals surface area contributed by atoms with Crippen LogP contribution in [0.3, 0.4) is 0 Å². The maximum atomic E-state index is 12.9. The van der Waals surface area contributed by atoms with Gasteiger partial charge >= 0.3 is 0 Å². The molecule has 2 aromatic carbocycles. The average molecular weight is 381 g/mol. The van der Waals surface area contributed by atoms with Crippen molar-refractivity contribution >= 4 is 46.0 Å². The summed E-state index contributed by atoms with van der Waals surface area (Å²) in [5.74, 6) is 1.40. The zero-order valence-corrected chi connectivity index (χ0v) is 15.6. The second kappa shape index (κ2) is 6.97. The molecule has 0 aromatic heterocycles. The molecule has 2 aromatic rings. The molecule has 1 amide bonds. The highest BCUT2D eigenvalue weighted by Crippen LogP contribution is 2.37. The average Bonchev–Trinajstić information content (AvgIpc) is 2.95. The van der Waals surface area contributed by atoms with E-state index in [4.69, 9.17) is 21.7 Å². The molecule has 0 aliphatic carbocycles. The van der Waals surface area contributed by atoms with Crippen molar-refractivity contribution in [2.24, 2.45) is 0 Å². The van der Waals surface area contributed by atoms with Crippen molar-refractivity contribution in [1.29, 1.82) is 0 Å². The topological polar surface area (TPSA) is 38.8 Å². The lowest BCUT2D eigenvalue weighted by atomic mass is 10.1. The molecule has 0 atom stereocenters. The molecule has 2 heterocycles. The number of anilines is 1. The maximum absolute atomic E-state index is 12.9.